The van der Waals surface area contributed by atoms with E-state index in [2.05, 4.69) is 20.8 Å². The number of hydrogen-bond acceptors (Lipinski definition) is 4. The minimum Gasteiger partial charge on any atom is -0.422 e. The average molecular weight is 266 g/mol. The van der Waals surface area contributed by atoms with Crippen molar-refractivity contribution < 1.29 is 19.1 Å². The molecular formula is C15H22O4. The summed E-state index contributed by atoms with van der Waals surface area (Å²) < 4.78 is 11.0. The first-order valence-electron chi connectivity index (χ1n) is 7.23. The second-order valence-electron chi connectivity index (χ2n) is 7.04. The maximum Gasteiger partial charge on any atom is 0.312 e. The predicted octanol–water partition coefficient (Wildman–Crippen LogP) is 2.51. The number of carbonyl (C=O) groups excluding carboxylic acids is 2. The molecule has 0 aromatic heterocycles. The van der Waals surface area contributed by atoms with Gasteiger partial charge in [0.15, 0.2) is 0 Å². The number of ether oxygens (including phenoxy) is 2. The summed E-state index contributed by atoms with van der Waals surface area (Å²) in [7, 11) is 0. The quantitative estimate of drug-likeness (QED) is 0.684. The van der Waals surface area contributed by atoms with E-state index in [0.717, 1.165) is 12.8 Å². The minimum absolute atomic E-state index is 0.0705. The Kier molecular flexibility index (Phi) is 2.55. The Morgan fingerprint density at radius 2 is 1.89 bits per heavy atom. The van der Waals surface area contributed by atoms with Crippen LogP contribution in [0.4, 0.5) is 0 Å². The molecule has 4 heteroatoms. The number of esters is 2. The zero-order valence-corrected chi connectivity index (χ0v) is 12.1. The van der Waals surface area contributed by atoms with Crippen LogP contribution in [0.5, 0.6) is 0 Å². The van der Waals surface area contributed by atoms with Crippen LogP contribution in [-0.4, -0.2) is 17.7 Å². The van der Waals surface area contributed by atoms with Crippen molar-refractivity contribution in [3.63, 3.8) is 0 Å². The summed E-state index contributed by atoms with van der Waals surface area (Å²) in [6.45, 7) is 8.16. The van der Waals surface area contributed by atoms with E-state index in [9.17, 15) is 9.59 Å². The lowest BCUT2D eigenvalue weighted by Crippen LogP contribution is -2.68. The zero-order chi connectivity index (χ0) is 14.0. The van der Waals surface area contributed by atoms with Gasteiger partial charge in [0.05, 0.1) is 12.3 Å². The summed E-state index contributed by atoms with van der Waals surface area (Å²) >= 11 is 0. The van der Waals surface area contributed by atoms with Crippen LogP contribution in [0.1, 0.15) is 47.0 Å². The lowest BCUT2D eigenvalue weighted by atomic mass is 9.51. The summed E-state index contributed by atoms with van der Waals surface area (Å²) in [5.74, 6) is -0.781. The normalized spacial score (nSPS) is 48.8. The van der Waals surface area contributed by atoms with Crippen LogP contribution >= 0.6 is 0 Å². The van der Waals surface area contributed by atoms with E-state index in [1.807, 2.05) is 0 Å². The van der Waals surface area contributed by atoms with Gasteiger partial charge in [-0.05, 0) is 30.6 Å². The highest BCUT2D eigenvalue weighted by Crippen LogP contribution is 2.62. The standard InChI is InChI=1S/C15H22O4/c1-8(2)9-5-6-14(3)10-7-11(16)18-15(14,4)19-13(17)12(9)10/h8-10,12H,5-7H2,1-4H3/t9-,10+,12+,14-,15-/m0/s1. The molecule has 0 unspecified atom stereocenters. The number of rotatable bonds is 1. The molecule has 2 saturated heterocycles. The lowest BCUT2D eigenvalue weighted by molar-refractivity contribution is -0.328. The first-order chi connectivity index (χ1) is 8.78. The van der Waals surface area contributed by atoms with Gasteiger partial charge in [0, 0.05) is 12.3 Å². The van der Waals surface area contributed by atoms with E-state index in [-0.39, 0.29) is 29.2 Å². The lowest BCUT2D eigenvalue weighted by Gasteiger charge is -2.61. The minimum atomic E-state index is -1.07. The third-order valence-electron chi connectivity index (χ3n) is 5.87. The Hall–Kier alpha value is -1.06. The van der Waals surface area contributed by atoms with E-state index < -0.39 is 5.79 Å². The van der Waals surface area contributed by atoms with E-state index >= 15 is 0 Å². The van der Waals surface area contributed by atoms with Gasteiger partial charge in [-0.15, -0.1) is 0 Å². The van der Waals surface area contributed by atoms with Gasteiger partial charge < -0.3 is 9.47 Å². The highest BCUT2D eigenvalue weighted by atomic mass is 16.7. The van der Waals surface area contributed by atoms with E-state index in [1.54, 1.807) is 6.92 Å². The maximum atomic E-state index is 12.4. The summed E-state index contributed by atoms with van der Waals surface area (Å²) in [5.41, 5.74) is -0.231. The molecule has 0 radical (unpaired) electrons. The van der Waals surface area contributed by atoms with Crippen LogP contribution in [0.15, 0.2) is 0 Å². The topological polar surface area (TPSA) is 52.6 Å². The molecule has 0 aromatic rings. The van der Waals surface area contributed by atoms with Crippen LogP contribution in [0, 0.1) is 29.1 Å². The van der Waals surface area contributed by atoms with E-state index in [4.69, 9.17) is 9.47 Å². The first kappa shape index (κ1) is 12.9. The Morgan fingerprint density at radius 1 is 1.21 bits per heavy atom. The van der Waals surface area contributed by atoms with Crippen LogP contribution in [0.3, 0.4) is 0 Å². The molecule has 3 aliphatic rings. The largest absolute Gasteiger partial charge is 0.422 e. The van der Waals surface area contributed by atoms with Gasteiger partial charge in [-0.1, -0.05) is 20.8 Å². The molecule has 0 aromatic carbocycles. The number of carbonyl (C=O) groups is 2. The molecule has 3 rings (SSSR count). The van der Waals surface area contributed by atoms with Crippen LogP contribution in [0.2, 0.25) is 0 Å². The van der Waals surface area contributed by atoms with Crippen molar-refractivity contribution in [2.45, 2.75) is 52.7 Å². The van der Waals surface area contributed by atoms with Crippen molar-refractivity contribution >= 4 is 11.9 Å². The molecule has 2 heterocycles. The number of hydrogen-bond donors (Lipinski definition) is 0. The van der Waals surface area contributed by atoms with Crippen molar-refractivity contribution in [3.05, 3.63) is 0 Å². The second kappa shape index (κ2) is 3.74. The Bertz CT molecular complexity index is 443. The van der Waals surface area contributed by atoms with Crippen molar-refractivity contribution in [2.75, 3.05) is 0 Å². The monoisotopic (exact) mass is 266 g/mol. The molecule has 4 bridgehead atoms. The molecule has 106 valence electrons. The highest BCUT2D eigenvalue weighted by molar-refractivity contribution is 5.80. The van der Waals surface area contributed by atoms with Crippen LogP contribution in [-0.2, 0) is 19.1 Å². The predicted molar refractivity (Wildman–Crippen MR) is 67.9 cm³/mol. The van der Waals surface area contributed by atoms with Gasteiger partial charge in [0.2, 0.25) is 0 Å². The third kappa shape index (κ3) is 1.52. The first-order valence-corrected chi connectivity index (χ1v) is 7.23. The van der Waals surface area contributed by atoms with Crippen molar-refractivity contribution in [3.8, 4) is 0 Å². The Labute approximate surface area is 113 Å². The molecule has 19 heavy (non-hydrogen) atoms. The van der Waals surface area contributed by atoms with Gasteiger partial charge in [-0.2, -0.15) is 0 Å². The molecule has 0 amide bonds. The average Bonchev–Trinajstić information content (AvgIpc) is 2.27. The van der Waals surface area contributed by atoms with Crippen LogP contribution in [0.25, 0.3) is 0 Å². The summed E-state index contributed by atoms with van der Waals surface area (Å²) in [5, 5.41) is 0. The molecule has 1 aliphatic carbocycles. The van der Waals surface area contributed by atoms with Crippen molar-refractivity contribution in [1.29, 1.82) is 0 Å². The zero-order valence-electron chi connectivity index (χ0n) is 12.1. The van der Waals surface area contributed by atoms with Crippen molar-refractivity contribution in [2.24, 2.45) is 29.1 Å². The molecule has 3 fully saturated rings. The summed E-state index contributed by atoms with van der Waals surface area (Å²) in [4.78, 5) is 24.2. The van der Waals surface area contributed by atoms with Gasteiger partial charge in [0.1, 0.15) is 0 Å². The maximum absolute atomic E-state index is 12.4. The Balaban J connectivity index is 2.07. The molecule has 0 N–H and O–H groups in total. The fourth-order valence-corrected chi connectivity index (χ4v) is 4.48. The fraction of sp³-hybridized carbons (Fsp3) is 0.867. The fourth-order valence-electron chi connectivity index (χ4n) is 4.48. The molecule has 1 saturated carbocycles. The molecule has 5 atom stereocenters. The highest BCUT2D eigenvalue weighted by Gasteiger charge is 2.68. The van der Waals surface area contributed by atoms with Gasteiger partial charge in [-0.25, -0.2) is 0 Å². The molecule has 0 spiro atoms. The summed E-state index contributed by atoms with van der Waals surface area (Å²) in [6.07, 6.45) is 2.32. The SMILES string of the molecule is CC(C)[C@@H]1CC[C@@]2(C)[C@@H]3CC(=O)O[C@@]2(C)OC(=O)[C@@H]31. The molecule has 4 nitrogen and oxygen atoms in total. The van der Waals surface area contributed by atoms with E-state index in [0.29, 0.717) is 18.3 Å². The molecular weight excluding hydrogens is 244 g/mol. The second-order valence-corrected chi connectivity index (χ2v) is 7.04. The van der Waals surface area contributed by atoms with Gasteiger partial charge >= 0.3 is 11.9 Å². The van der Waals surface area contributed by atoms with Gasteiger partial charge in [-0.3, -0.25) is 9.59 Å². The third-order valence-corrected chi connectivity index (χ3v) is 5.87. The van der Waals surface area contributed by atoms with E-state index in [1.165, 1.54) is 0 Å². The smallest absolute Gasteiger partial charge is 0.312 e. The van der Waals surface area contributed by atoms with Gasteiger partial charge in [0.25, 0.3) is 5.79 Å². The van der Waals surface area contributed by atoms with Crippen molar-refractivity contribution in [1.82, 2.24) is 0 Å². The summed E-state index contributed by atoms with van der Waals surface area (Å²) in [6, 6.07) is 0. The molecule has 2 aliphatic heterocycles. The van der Waals surface area contributed by atoms with Crippen LogP contribution < -0.4 is 0 Å². The Morgan fingerprint density at radius 3 is 2.53 bits per heavy atom.